The summed E-state index contributed by atoms with van der Waals surface area (Å²) in [5, 5.41) is 0. The number of hydrogen-bond donors (Lipinski definition) is 0. The first kappa shape index (κ1) is 26.0. The van der Waals surface area contributed by atoms with E-state index in [9.17, 15) is 0 Å². The summed E-state index contributed by atoms with van der Waals surface area (Å²) in [7, 11) is 0. The van der Waals surface area contributed by atoms with E-state index in [1.54, 1.807) is 0 Å². The van der Waals surface area contributed by atoms with E-state index in [1.807, 2.05) is 0 Å². The molecule has 0 radical (unpaired) electrons. The molecule has 168 valence electrons. The third-order valence-corrected chi connectivity index (χ3v) is 7.24. The zero-order chi connectivity index (χ0) is 20.2. The number of quaternary nitrogens is 1. The molecule has 28 heavy (non-hydrogen) atoms. The van der Waals surface area contributed by atoms with Crippen molar-refractivity contribution in [3.63, 3.8) is 0 Å². The summed E-state index contributed by atoms with van der Waals surface area (Å²) in [6.45, 7) is 10.6. The van der Waals surface area contributed by atoms with E-state index in [0.717, 1.165) is 0 Å². The lowest BCUT2D eigenvalue weighted by Gasteiger charge is -2.46. The maximum absolute atomic E-state index is 2.31. The molecule has 1 heteroatoms. The van der Waals surface area contributed by atoms with E-state index >= 15 is 0 Å². The molecule has 1 rings (SSSR count). The summed E-state index contributed by atoms with van der Waals surface area (Å²) in [5.74, 6) is 0. The number of hydrogen-bond acceptors (Lipinski definition) is 0. The Morgan fingerprint density at radius 3 is 0.929 bits per heavy atom. The van der Waals surface area contributed by atoms with Crippen molar-refractivity contribution in [3.05, 3.63) is 0 Å². The average molecular weight is 395 g/mol. The van der Waals surface area contributed by atoms with Crippen LogP contribution in [0.5, 0.6) is 0 Å². The van der Waals surface area contributed by atoms with Crippen LogP contribution in [0, 0.1) is 0 Å². The lowest BCUT2D eigenvalue weighted by atomic mass is 10.0. The van der Waals surface area contributed by atoms with Crippen LogP contribution in [-0.2, 0) is 0 Å². The summed E-state index contributed by atoms with van der Waals surface area (Å²) in [6.07, 6.45) is 30.9. The van der Waals surface area contributed by atoms with Gasteiger partial charge in [-0.25, -0.2) is 0 Å². The average Bonchev–Trinajstić information content (AvgIpc) is 2.68. The predicted octanol–water partition coefficient (Wildman–Crippen LogP) is 9.05. The Morgan fingerprint density at radius 2 is 0.679 bits per heavy atom. The van der Waals surface area contributed by atoms with Crippen molar-refractivity contribution in [3.8, 4) is 0 Å². The van der Waals surface area contributed by atoms with Crippen molar-refractivity contribution in [1.82, 2.24) is 0 Å². The first-order valence-electron chi connectivity index (χ1n) is 13.7. The minimum Gasteiger partial charge on any atom is -0.323 e. The van der Waals surface area contributed by atoms with Crippen LogP contribution in [-0.4, -0.2) is 30.7 Å². The van der Waals surface area contributed by atoms with Gasteiger partial charge in [0, 0.05) is 6.42 Å². The van der Waals surface area contributed by atoms with Crippen molar-refractivity contribution >= 4 is 0 Å². The minimum atomic E-state index is 1.37. The molecule has 0 spiro atoms. The Balaban J connectivity index is 1.87. The SMILES string of the molecule is CCCCCCCCCCCC[N+]1(CCCCCCCCCCCC)CCC1. The lowest BCUT2D eigenvalue weighted by Crippen LogP contribution is -2.58. The van der Waals surface area contributed by atoms with E-state index in [1.165, 1.54) is 165 Å². The molecule has 1 saturated heterocycles. The number of rotatable bonds is 22. The van der Waals surface area contributed by atoms with Crippen molar-refractivity contribution in [2.45, 2.75) is 149 Å². The first-order chi connectivity index (χ1) is 13.8. The van der Waals surface area contributed by atoms with Crippen LogP contribution in [0.1, 0.15) is 149 Å². The van der Waals surface area contributed by atoms with E-state index in [-0.39, 0.29) is 0 Å². The van der Waals surface area contributed by atoms with Crippen LogP contribution in [0.25, 0.3) is 0 Å². The second kappa shape index (κ2) is 19.0. The van der Waals surface area contributed by atoms with Gasteiger partial charge in [-0.3, -0.25) is 0 Å². The molecule has 1 aliphatic rings. The molecule has 0 aromatic carbocycles. The molecule has 0 bridgehead atoms. The molecule has 1 fully saturated rings. The van der Waals surface area contributed by atoms with Gasteiger partial charge in [0.1, 0.15) is 0 Å². The monoisotopic (exact) mass is 394 g/mol. The Hall–Kier alpha value is -0.0400. The Labute approximate surface area is 179 Å². The number of nitrogens with zero attached hydrogens (tertiary/aromatic N) is 1. The van der Waals surface area contributed by atoms with Gasteiger partial charge < -0.3 is 4.48 Å². The fraction of sp³-hybridized carbons (Fsp3) is 1.00. The molecule has 0 N–H and O–H groups in total. The van der Waals surface area contributed by atoms with Crippen LogP contribution in [0.4, 0.5) is 0 Å². The second-order valence-electron chi connectivity index (χ2n) is 9.95. The van der Waals surface area contributed by atoms with E-state index in [4.69, 9.17) is 0 Å². The van der Waals surface area contributed by atoms with Gasteiger partial charge in [-0.05, 0) is 25.7 Å². The summed E-state index contributed by atoms with van der Waals surface area (Å²) in [4.78, 5) is 0. The summed E-state index contributed by atoms with van der Waals surface area (Å²) in [5.41, 5.74) is 0. The molecule has 1 aliphatic heterocycles. The van der Waals surface area contributed by atoms with Gasteiger partial charge in [-0.15, -0.1) is 0 Å². The molecule has 0 aromatic heterocycles. The molecular formula is C27H56N+. The fourth-order valence-corrected chi connectivity index (χ4v) is 5.03. The first-order valence-corrected chi connectivity index (χ1v) is 13.7. The highest BCUT2D eigenvalue weighted by atomic mass is 15.4. The molecule has 0 saturated carbocycles. The third kappa shape index (κ3) is 14.0. The Kier molecular flexibility index (Phi) is 17.6. The number of likely N-dealkylation sites (tertiary alicyclic amines) is 1. The van der Waals surface area contributed by atoms with Crippen LogP contribution in [0.3, 0.4) is 0 Å². The molecule has 1 heterocycles. The van der Waals surface area contributed by atoms with Gasteiger partial charge >= 0.3 is 0 Å². The van der Waals surface area contributed by atoms with Crippen molar-refractivity contribution < 1.29 is 4.48 Å². The van der Waals surface area contributed by atoms with E-state index < -0.39 is 0 Å². The van der Waals surface area contributed by atoms with Gasteiger partial charge in [0.2, 0.25) is 0 Å². The molecule has 0 aromatic rings. The zero-order valence-corrected chi connectivity index (χ0v) is 20.1. The highest BCUT2D eigenvalue weighted by molar-refractivity contribution is 4.58. The van der Waals surface area contributed by atoms with Crippen LogP contribution in [0.2, 0.25) is 0 Å². The van der Waals surface area contributed by atoms with Crippen LogP contribution >= 0.6 is 0 Å². The van der Waals surface area contributed by atoms with Crippen molar-refractivity contribution in [1.29, 1.82) is 0 Å². The second-order valence-corrected chi connectivity index (χ2v) is 9.95. The molecule has 1 nitrogen and oxygen atoms in total. The molecule has 0 aliphatic carbocycles. The molecule has 0 amide bonds. The lowest BCUT2D eigenvalue weighted by molar-refractivity contribution is -0.964. The normalized spacial score (nSPS) is 15.6. The highest BCUT2D eigenvalue weighted by Crippen LogP contribution is 2.24. The largest absolute Gasteiger partial charge is 0.323 e. The highest BCUT2D eigenvalue weighted by Gasteiger charge is 2.33. The zero-order valence-electron chi connectivity index (χ0n) is 20.1. The number of unbranched alkanes of at least 4 members (excludes halogenated alkanes) is 18. The van der Waals surface area contributed by atoms with Crippen LogP contribution in [0.15, 0.2) is 0 Å². The van der Waals surface area contributed by atoms with Gasteiger partial charge in [0.05, 0.1) is 26.2 Å². The van der Waals surface area contributed by atoms with Gasteiger partial charge in [0.15, 0.2) is 0 Å². The smallest absolute Gasteiger partial charge is 0.0841 e. The van der Waals surface area contributed by atoms with Crippen LogP contribution < -0.4 is 0 Å². The van der Waals surface area contributed by atoms with Gasteiger partial charge in [0.25, 0.3) is 0 Å². The standard InChI is InChI=1S/C27H56N/c1-3-5-7-9-11-13-15-17-19-21-24-28(26-23-27-28)25-22-20-18-16-14-12-10-8-6-4-2/h3-27H2,1-2H3/q+1. The van der Waals surface area contributed by atoms with Crippen molar-refractivity contribution in [2.75, 3.05) is 26.2 Å². The maximum atomic E-state index is 2.31. The van der Waals surface area contributed by atoms with Gasteiger partial charge in [-0.2, -0.15) is 0 Å². The fourth-order valence-electron chi connectivity index (χ4n) is 5.03. The quantitative estimate of drug-likeness (QED) is 0.127. The minimum absolute atomic E-state index is 1.37. The van der Waals surface area contributed by atoms with Gasteiger partial charge in [-0.1, -0.05) is 117 Å². The Morgan fingerprint density at radius 1 is 0.393 bits per heavy atom. The predicted molar refractivity (Wildman–Crippen MR) is 128 cm³/mol. The van der Waals surface area contributed by atoms with E-state index in [2.05, 4.69) is 13.8 Å². The van der Waals surface area contributed by atoms with Crippen molar-refractivity contribution in [2.24, 2.45) is 0 Å². The Bertz CT molecular complexity index is 281. The molecule has 0 unspecified atom stereocenters. The summed E-state index contributed by atoms with van der Waals surface area (Å²) in [6, 6.07) is 0. The summed E-state index contributed by atoms with van der Waals surface area (Å²) < 4.78 is 1.49. The van der Waals surface area contributed by atoms with E-state index in [0.29, 0.717) is 0 Å². The third-order valence-electron chi connectivity index (χ3n) is 7.24. The molecular weight excluding hydrogens is 338 g/mol. The maximum Gasteiger partial charge on any atom is 0.0841 e. The summed E-state index contributed by atoms with van der Waals surface area (Å²) >= 11 is 0. The molecule has 0 atom stereocenters. The topological polar surface area (TPSA) is 0 Å².